The number of nitrogens with zero attached hydrogens (tertiary/aromatic N) is 1. The topological polar surface area (TPSA) is 32.3 Å². The molecule has 0 atom stereocenters. The van der Waals surface area contributed by atoms with Gasteiger partial charge in [0, 0.05) is 37.4 Å². The van der Waals surface area contributed by atoms with Crippen molar-refractivity contribution in [3.63, 3.8) is 0 Å². The molecule has 1 aliphatic heterocycles. The Morgan fingerprint density at radius 2 is 1.94 bits per heavy atom. The molecule has 0 aliphatic carbocycles. The van der Waals surface area contributed by atoms with E-state index in [0.29, 0.717) is 0 Å². The van der Waals surface area contributed by atoms with Crippen molar-refractivity contribution in [3.05, 3.63) is 28.8 Å². The second-order valence-corrected chi connectivity index (χ2v) is 4.35. The maximum Gasteiger partial charge on any atom is 0.150 e. The minimum absolute atomic E-state index is 0.813. The average Bonchev–Trinajstić information content (AvgIpc) is 2.33. The molecule has 0 unspecified atom stereocenters. The highest BCUT2D eigenvalue weighted by Gasteiger charge is 2.14. The smallest absolute Gasteiger partial charge is 0.150 e. The number of carbonyl (C=O) groups excluding carboxylic acids is 1. The lowest BCUT2D eigenvalue weighted by atomic mass is 10.0. The highest BCUT2D eigenvalue weighted by atomic mass is 16.1. The molecule has 0 radical (unpaired) electrons. The van der Waals surface area contributed by atoms with E-state index in [4.69, 9.17) is 0 Å². The van der Waals surface area contributed by atoms with Crippen molar-refractivity contribution in [1.82, 2.24) is 5.32 Å². The minimum Gasteiger partial charge on any atom is -0.369 e. The summed E-state index contributed by atoms with van der Waals surface area (Å²) < 4.78 is 0. The molecular weight excluding hydrogens is 200 g/mol. The van der Waals surface area contributed by atoms with Gasteiger partial charge in [-0.15, -0.1) is 0 Å². The van der Waals surface area contributed by atoms with Gasteiger partial charge in [-0.1, -0.05) is 0 Å². The van der Waals surface area contributed by atoms with Gasteiger partial charge in [-0.3, -0.25) is 4.79 Å². The van der Waals surface area contributed by atoms with Gasteiger partial charge in [0.05, 0.1) is 0 Å². The number of aryl methyl sites for hydroxylation is 1. The van der Waals surface area contributed by atoms with Gasteiger partial charge < -0.3 is 10.2 Å². The molecule has 16 heavy (non-hydrogen) atoms. The third kappa shape index (κ3) is 2.09. The summed E-state index contributed by atoms with van der Waals surface area (Å²) in [6.07, 6.45) is 0.952. The number of piperazine rings is 1. The molecule has 0 spiro atoms. The SMILES string of the molecule is Cc1cc(C=O)c(C)c(N2CCNCC2)c1. The molecule has 0 bridgehead atoms. The van der Waals surface area contributed by atoms with Gasteiger partial charge in [0.2, 0.25) is 0 Å². The molecule has 0 amide bonds. The van der Waals surface area contributed by atoms with E-state index in [2.05, 4.69) is 16.3 Å². The van der Waals surface area contributed by atoms with Crippen molar-refractivity contribution < 1.29 is 4.79 Å². The van der Waals surface area contributed by atoms with Gasteiger partial charge in [-0.25, -0.2) is 0 Å². The van der Waals surface area contributed by atoms with Crippen molar-refractivity contribution in [2.24, 2.45) is 0 Å². The Bertz CT molecular complexity index is 395. The Labute approximate surface area is 96.5 Å². The van der Waals surface area contributed by atoms with Crippen LogP contribution >= 0.6 is 0 Å². The number of hydrogen-bond acceptors (Lipinski definition) is 3. The lowest BCUT2D eigenvalue weighted by Crippen LogP contribution is -2.43. The number of aldehydes is 1. The third-order valence-corrected chi connectivity index (χ3v) is 3.15. The maximum atomic E-state index is 11.0. The van der Waals surface area contributed by atoms with Crippen LogP contribution in [0.25, 0.3) is 0 Å². The fourth-order valence-electron chi connectivity index (χ4n) is 2.22. The Morgan fingerprint density at radius 1 is 1.25 bits per heavy atom. The molecule has 2 rings (SSSR count). The summed E-state index contributed by atoms with van der Waals surface area (Å²) in [7, 11) is 0. The van der Waals surface area contributed by atoms with Crippen molar-refractivity contribution in [2.45, 2.75) is 13.8 Å². The summed E-state index contributed by atoms with van der Waals surface area (Å²) in [5.74, 6) is 0. The summed E-state index contributed by atoms with van der Waals surface area (Å²) in [5.41, 5.74) is 4.28. The molecule has 1 heterocycles. The van der Waals surface area contributed by atoms with E-state index >= 15 is 0 Å². The molecule has 1 saturated heterocycles. The molecular formula is C13H18N2O. The second kappa shape index (κ2) is 4.66. The summed E-state index contributed by atoms with van der Waals surface area (Å²) in [4.78, 5) is 13.3. The predicted octanol–water partition coefficient (Wildman–Crippen LogP) is 1.53. The van der Waals surface area contributed by atoms with Gasteiger partial charge in [-0.05, 0) is 37.1 Å². The standard InChI is InChI=1S/C13H18N2O/c1-10-7-12(9-16)11(2)13(8-10)15-5-3-14-4-6-15/h7-9,14H,3-6H2,1-2H3. The van der Waals surface area contributed by atoms with Crippen LogP contribution in [0.2, 0.25) is 0 Å². The first-order valence-electron chi connectivity index (χ1n) is 5.74. The summed E-state index contributed by atoms with van der Waals surface area (Å²) in [6, 6.07) is 4.13. The van der Waals surface area contributed by atoms with Gasteiger partial charge in [0.25, 0.3) is 0 Å². The summed E-state index contributed by atoms with van der Waals surface area (Å²) >= 11 is 0. The van der Waals surface area contributed by atoms with Crippen LogP contribution in [0.1, 0.15) is 21.5 Å². The highest BCUT2D eigenvalue weighted by molar-refractivity contribution is 5.81. The molecule has 86 valence electrons. The zero-order valence-electron chi connectivity index (χ0n) is 9.92. The summed E-state index contributed by atoms with van der Waals surface area (Å²) in [6.45, 7) is 8.14. The Morgan fingerprint density at radius 3 is 2.56 bits per heavy atom. The normalized spacial score (nSPS) is 16.2. The first kappa shape index (κ1) is 11.1. The first-order valence-corrected chi connectivity index (χ1v) is 5.74. The van der Waals surface area contributed by atoms with E-state index in [1.165, 1.54) is 5.69 Å². The fraction of sp³-hybridized carbons (Fsp3) is 0.462. The van der Waals surface area contributed by atoms with Crippen molar-refractivity contribution in [3.8, 4) is 0 Å². The van der Waals surface area contributed by atoms with E-state index in [-0.39, 0.29) is 0 Å². The zero-order chi connectivity index (χ0) is 11.5. The van der Waals surface area contributed by atoms with E-state index in [1.807, 2.05) is 19.9 Å². The van der Waals surface area contributed by atoms with E-state index in [1.54, 1.807) is 0 Å². The lowest BCUT2D eigenvalue weighted by molar-refractivity contribution is 0.112. The number of carbonyl (C=O) groups is 1. The molecule has 1 aromatic carbocycles. The average molecular weight is 218 g/mol. The monoisotopic (exact) mass is 218 g/mol. The molecule has 0 saturated carbocycles. The molecule has 0 aromatic heterocycles. The van der Waals surface area contributed by atoms with E-state index in [0.717, 1.165) is 49.2 Å². The molecule has 1 N–H and O–H groups in total. The van der Waals surface area contributed by atoms with Crippen molar-refractivity contribution >= 4 is 12.0 Å². The highest BCUT2D eigenvalue weighted by Crippen LogP contribution is 2.24. The Kier molecular flexibility index (Phi) is 3.25. The molecule has 3 heteroatoms. The Balaban J connectivity index is 2.38. The largest absolute Gasteiger partial charge is 0.369 e. The van der Waals surface area contributed by atoms with Gasteiger partial charge in [0.1, 0.15) is 6.29 Å². The predicted molar refractivity (Wildman–Crippen MR) is 66.4 cm³/mol. The van der Waals surface area contributed by atoms with E-state index in [9.17, 15) is 4.79 Å². The second-order valence-electron chi connectivity index (χ2n) is 4.35. The zero-order valence-corrected chi connectivity index (χ0v) is 9.92. The van der Waals surface area contributed by atoms with Crippen LogP contribution in [-0.2, 0) is 0 Å². The molecule has 3 nitrogen and oxygen atoms in total. The maximum absolute atomic E-state index is 11.0. The number of anilines is 1. The lowest BCUT2D eigenvalue weighted by Gasteiger charge is -2.31. The van der Waals surface area contributed by atoms with Crippen LogP contribution in [0.3, 0.4) is 0 Å². The van der Waals surface area contributed by atoms with Crippen molar-refractivity contribution in [1.29, 1.82) is 0 Å². The fourth-order valence-corrected chi connectivity index (χ4v) is 2.22. The van der Waals surface area contributed by atoms with Crippen molar-refractivity contribution in [2.75, 3.05) is 31.1 Å². The summed E-state index contributed by atoms with van der Waals surface area (Å²) in [5, 5.41) is 3.34. The number of benzene rings is 1. The van der Waals surface area contributed by atoms with Crippen LogP contribution in [0.4, 0.5) is 5.69 Å². The molecule has 1 fully saturated rings. The van der Waals surface area contributed by atoms with Crippen LogP contribution < -0.4 is 10.2 Å². The minimum atomic E-state index is 0.813. The number of nitrogens with one attached hydrogen (secondary N) is 1. The quantitative estimate of drug-likeness (QED) is 0.764. The van der Waals surface area contributed by atoms with Crippen LogP contribution in [-0.4, -0.2) is 32.5 Å². The van der Waals surface area contributed by atoms with Crippen LogP contribution in [0.15, 0.2) is 12.1 Å². The van der Waals surface area contributed by atoms with Gasteiger partial charge in [0.15, 0.2) is 0 Å². The van der Waals surface area contributed by atoms with Crippen LogP contribution in [0.5, 0.6) is 0 Å². The van der Waals surface area contributed by atoms with Crippen LogP contribution in [0, 0.1) is 13.8 Å². The number of rotatable bonds is 2. The number of hydrogen-bond donors (Lipinski definition) is 1. The Hall–Kier alpha value is -1.35. The van der Waals surface area contributed by atoms with Gasteiger partial charge >= 0.3 is 0 Å². The first-order chi connectivity index (χ1) is 7.72. The van der Waals surface area contributed by atoms with Gasteiger partial charge in [-0.2, -0.15) is 0 Å². The van der Waals surface area contributed by atoms with E-state index < -0.39 is 0 Å². The third-order valence-electron chi connectivity index (χ3n) is 3.15. The molecule has 1 aromatic rings. The molecule has 1 aliphatic rings.